The highest BCUT2D eigenvalue weighted by atomic mass is 32.2. The summed E-state index contributed by atoms with van der Waals surface area (Å²) in [6.07, 6.45) is 3.42. The number of nitrogens with one attached hydrogen (secondary N) is 1. The molecule has 2 rings (SSSR count). The molecular weight excluding hydrogens is 240 g/mol. The van der Waals surface area contributed by atoms with Crippen molar-refractivity contribution in [3.63, 3.8) is 0 Å². The SMILES string of the molecule is CN1C=C(CCN2C(=O)CCC(N)C2=O)NS1. The summed E-state index contributed by atoms with van der Waals surface area (Å²) in [6, 6.07) is -0.518. The molecule has 0 bridgehead atoms. The lowest BCUT2D eigenvalue weighted by Gasteiger charge is -2.28. The Hall–Kier alpha value is -1.21. The Morgan fingerprint density at radius 2 is 2.35 bits per heavy atom. The van der Waals surface area contributed by atoms with Gasteiger partial charge in [0.25, 0.3) is 0 Å². The molecule has 6 nitrogen and oxygen atoms in total. The first-order valence-electron chi connectivity index (χ1n) is 5.54. The molecule has 1 atom stereocenters. The van der Waals surface area contributed by atoms with Crippen LogP contribution in [0.5, 0.6) is 0 Å². The van der Waals surface area contributed by atoms with Gasteiger partial charge in [-0.25, -0.2) is 0 Å². The number of carbonyl (C=O) groups excluding carboxylic acids is 2. The van der Waals surface area contributed by atoms with Crippen molar-refractivity contribution in [2.24, 2.45) is 5.73 Å². The van der Waals surface area contributed by atoms with Crippen LogP contribution in [0.25, 0.3) is 0 Å². The number of amides is 2. The van der Waals surface area contributed by atoms with Crippen LogP contribution in [-0.4, -0.2) is 40.7 Å². The molecule has 0 saturated carbocycles. The maximum absolute atomic E-state index is 11.7. The molecule has 1 fully saturated rings. The minimum absolute atomic E-state index is 0.115. The molecule has 1 unspecified atom stereocenters. The minimum atomic E-state index is -0.518. The molecule has 17 heavy (non-hydrogen) atoms. The van der Waals surface area contributed by atoms with Crippen molar-refractivity contribution in [1.82, 2.24) is 13.9 Å². The average Bonchev–Trinajstić information content (AvgIpc) is 2.70. The van der Waals surface area contributed by atoms with E-state index in [1.54, 1.807) is 0 Å². The fraction of sp³-hybridized carbons (Fsp3) is 0.600. The molecule has 0 spiro atoms. The largest absolute Gasteiger partial charge is 0.320 e. The first-order chi connectivity index (χ1) is 8.08. The van der Waals surface area contributed by atoms with E-state index < -0.39 is 6.04 Å². The van der Waals surface area contributed by atoms with E-state index in [0.717, 1.165) is 5.70 Å². The molecule has 2 aliphatic rings. The molecular formula is C10H16N4O2S. The van der Waals surface area contributed by atoms with Gasteiger partial charge in [-0.2, -0.15) is 0 Å². The van der Waals surface area contributed by atoms with Crippen molar-refractivity contribution in [3.05, 3.63) is 11.9 Å². The Morgan fingerprint density at radius 1 is 1.59 bits per heavy atom. The second-order valence-electron chi connectivity index (χ2n) is 4.17. The molecule has 2 aliphatic heterocycles. The summed E-state index contributed by atoms with van der Waals surface area (Å²) in [5.74, 6) is -0.364. The number of nitrogens with zero attached hydrogens (tertiary/aromatic N) is 2. The van der Waals surface area contributed by atoms with Crippen LogP contribution in [-0.2, 0) is 9.59 Å². The highest BCUT2D eigenvalue weighted by Gasteiger charge is 2.31. The summed E-state index contributed by atoms with van der Waals surface area (Å²) in [6.45, 7) is 0.401. The topological polar surface area (TPSA) is 78.7 Å². The van der Waals surface area contributed by atoms with E-state index in [2.05, 4.69) is 4.72 Å². The Kier molecular flexibility index (Phi) is 3.58. The van der Waals surface area contributed by atoms with Gasteiger partial charge in [0.2, 0.25) is 11.8 Å². The lowest BCUT2D eigenvalue weighted by Crippen LogP contribution is -2.51. The number of hydrogen-bond donors (Lipinski definition) is 2. The first kappa shape index (κ1) is 12.3. The van der Waals surface area contributed by atoms with E-state index in [4.69, 9.17) is 5.73 Å². The van der Waals surface area contributed by atoms with E-state index in [1.807, 2.05) is 17.6 Å². The average molecular weight is 256 g/mol. The fourth-order valence-corrected chi connectivity index (χ4v) is 2.44. The number of likely N-dealkylation sites (tertiary alicyclic amines) is 1. The van der Waals surface area contributed by atoms with Crippen LogP contribution in [0.1, 0.15) is 19.3 Å². The van der Waals surface area contributed by atoms with Crippen molar-refractivity contribution >= 4 is 23.9 Å². The smallest absolute Gasteiger partial charge is 0.246 e. The molecule has 1 saturated heterocycles. The summed E-state index contributed by atoms with van der Waals surface area (Å²) < 4.78 is 5.04. The quantitative estimate of drug-likeness (QED) is 0.537. The van der Waals surface area contributed by atoms with E-state index in [9.17, 15) is 9.59 Å². The number of nitrogens with two attached hydrogens (primary N) is 1. The van der Waals surface area contributed by atoms with Crippen LogP contribution in [0, 0.1) is 0 Å². The molecule has 0 aliphatic carbocycles. The van der Waals surface area contributed by atoms with Crippen molar-refractivity contribution in [1.29, 1.82) is 0 Å². The van der Waals surface area contributed by atoms with Crippen LogP contribution in [0.3, 0.4) is 0 Å². The zero-order chi connectivity index (χ0) is 12.4. The fourth-order valence-electron chi connectivity index (χ4n) is 1.85. The van der Waals surface area contributed by atoms with E-state index in [0.29, 0.717) is 25.8 Å². The number of piperidine rings is 1. The van der Waals surface area contributed by atoms with Gasteiger partial charge in [-0.1, -0.05) is 0 Å². The number of rotatable bonds is 3. The van der Waals surface area contributed by atoms with Crippen molar-refractivity contribution < 1.29 is 9.59 Å². The van der Waals surface area contributed by atoms with Gasteiger partial charge in [-0.05, 0) is 6.42 Å². The van der Waals surface area contributed by atoms with Gasteiger partial charge < -0.3 is 14.8 Å². The number of carbonyl (C=O) groups is 2. The van der Waals surface area contributed by atoms with Crippen LogP contribution in [0.4, 0.5) is 0 Å². The highest BCUT2D eigenvalue weighted by molar-refractivity contribution is 7.95. The molecule has 0 aromatic heterocycles. The summed E-state index contributed by atoms with van der Waals surface area (Å²) in [7, 11) is 1.93. The zero-order valence-corrected chi connectivity index (χ0v) is 10.5. The first-order valence-corrected chi connectivity index (χ1v) is 6.31. The standard InChI is InChI=1S/C10H16N4O2S/c1-13-6-7(12-17-13)4-5-14-9(15)3-2-8(11)10(14)16/h6,8,12H,2-5,11H2,1H3. The summed E-state index contributed by atoms with van der Waals surface area (Å²) >= 11 is 1.47. The lowest BCUT2D eigenvalue weighted by molar-refractivity contribution is -0.149. The van der Waals surface area contributed by atoms with Crippen molar-refractivity contribution in [2.45, 2.75) is 25.3 Å². The van der Waals surface area contributed by atoms with Gasteiger partial charge >= 0.3 is 0 Å². The number of hydrogen-bond acceptors (Lipinski definition) is 6. The van der Waals surface area contributed by atoms with E-state index in [1.165, 1.54) is 17.0 Å². The Balaban J connectivity index is 1.91. The molecule has 7 heteroatoms. The van der Waals surface area contributed by atoms with Gasteiger partial charge in [0.1, 0.15) is 0 Å². The van der Waals surface area contributed by atoms with Gasteiger partial charge in [-0.3, -0.25) is 14.5 Å². The Bertz CT molecular complexity index is 371. The van der Waals surface area contributed by atoms with Gasteiger partial charge in [-0.15, -0.1) is 0 Å². The minimum Gasteiger partial charge on any atom is -0.320 e. The molecule has 0 aromatic rings. The molecule has 2 heterocycles. The maximum atomic E-state index is 11.7. The third-order valence-electron chi connectivity index (χ3n) is 2.82. The summed E-state index contributed by atoms with van der Waals surface area (Å²) in [5.41, 5.74) is 6.66. The Morgan fingerprint density at radius 3 is 3.00 bits per heavy atom. The lowest BCUT2D eigenvalue weighted by atomic mass is 10.0. The maximum Gasteiger partial charge on any atom is 0.246 e. The Labute approximate surface area is 104 Å². The summed E-state index contributed by atoms with van der Waals surface area (Å²) in [5, 5.41) is 0. The van der Waals surface area contributed by atoms with Crippen LogP contribution < -0.4 is 10.5 Å². The second-order valence-corrected chi connectivity index (χ2v) is 5.14. The molecule has 3 N–H and O–H groups in total. The monoisotopic (exact) mass is 256 g/mol. The van der Waals surface area contributed by atoms with Crippen LogP contribution in [0.15, 0.2) is 11.9 Å². The molecule has 2 amide bonds. The van der Waals surface area contributed by atoms with E-state index in [-0.39, 0.29) is 11.8 Å². The second kappa shape index (κ2) is 4.97. The predicted octanol–water partition coefficient (Wildman–Crippen LogP) is -0.208. The van der Waals surface area contributed by atoms with E-state index >= 15 is 0 Å². The van der Waals surface area contributed by atoms with Crippen molar-refractivity contribution in [3.8, 4) is 0 Å². The van der Waals surface area contributed by atoms with Gasteiger partial charge in [0.05, 0.1) is 18.2 Å². The predicted molar refractivity (Wildman–Crippen MR) is 65.1 cm³/mol. The molecule has 0 radical (unpaired) electrons. The van der Waals surface area contributed by atoms with Gasteiger partial charge in [0.15, 0.2) is 0 Å². The number of imide groups is 1. The van der Waals surface area contributed by atoms with Crippen LogP contribution >= 0.6 is 12.1 Å². The van der Waals surface area contributed by atoms with Gasteiger partial charge in [0, 0.05) is 38.3 Å². The zero-order valence-electron chi connectivity index (χ0n) is 9.68. The molecule has 94 valence electrons. The van der Waals surface area contributed by atoms with Crippen LogP contribution in [0.2, 0.25) is 0 Å². The molecule has 0 aromatic carbocycles. The highest BCUT2D eigenvalue weighted by Crippen LogP contribution is 2.19. The third kappa shape index (κ3) is 2.73. The van der Waals surface area contributed by atoms with Crippen molar-refractivity contribution in [2.75, 3.05) is 13.6 Å². The third-order valence-corrected chi connectivity index (χ3v) is 3.56. The summed E-state index contributed by atoms with van der Waals surface area (Å²) in [4.78, 5) is 24.6. The normalized spacial score (nSPS) is 25.1.